The van der Waals surface area contributed by atoms with Gasteiger partial charge in [0.15, 0.2) is 6.61 Å². The van der Waals surface area contributed by atoms with Crippen molar-refractivity contribution in [3.8, 4) is 11.5 Å². The Kier molecular flexibility index (Phi) is 7.39. The van der Waals surface area contributed by atoms with Gasteiger partial charge in [-0.2, -0.15) is 5.10 Å². The van der Waals surface area contributed by atoms with Crippen LogP contribution in [0.2, 0.25) is 0 Å². The third kappa shape index (κ3) is 5.73. The van der Waals surface area contributed by atoms with Crippen molar-refractivity contribution in [1.82, 2.24) is 5.43 Å². The molecule has 2 rings (SSSR count). The van der Waals surface area contributed by atoms with Crippen molar-refractivity contribution in [2.45, 2.75) is 0 Å². The summed E-state index contributed by atoms with van der Waals surface area (Å²) >= 11 is 2.13. The topological polar surface area (TPSA) is 86.2 Å². The highest BCUT2D eigenvalue weighted by Gasteiger charge is 2.08. The van der Waals surface area contributed by atoms with Crippen molar-refractivity contribution in [3.05, 3.63) is 57.2 Å². The number of carbonyl (C=O) groups excluding carboxylic acids is 2. The number of ether oxygens (including phenoxy) is 3. The standard InChI is InChI=1S/C18H17IN2O5/c1-24-16-9-13(5-8-15(16)19)18(23)21-20-10-12-3-6-14(7-4-12)26-11-17(22)25-2/h3-10H,11H2,1-2H3,(H,21,23)/b20-10-. The van der Waals surface area contributed by atoms with E-state index >= 15 is 0 Å². The van der Waals surface area contributed by atoms with E-state index in [1.54, 1.807) is 49.6 Å². The number of hydrogen-bond acceptors (Lipinski definition) is 6. The molecule has 8 heteroatoms. The van der Waals surface area contributed by atoms with Crippen LogP contribution in [0.25, 0.3) is 0 Å². The molecular formula is C18H17IN2O5. The van der Waals surface area contributed by atoms with Crippen LogP contribution in [0.15, 0.2) is 47.6 Å². The lowest BCUT2D eigenvalue weighted by atomic mass is 10.2. The van der Waals surface area contributed by atoms with Crippen LogP contribution in [-0.4, -0.2) is 38.9 Å². The van der Waals surface area contributed by atoms with E-state index in [0.29, 0.717) is 17.1 Å². The molecule has 0 aromatic heterocycles. The Hall–Kier alpha value is -2.62. The van der Waals surface area contributed by atoms with Crippen molar-refractivity contribution in [1.29, 1.82) is 0 Å². The van der Waals surface area contributed by atoms with E-state index in [1.165, 1.54) is 13.3 Å². The van der Waals surface area contributed by atoms with Crippen LogP contribution in [0.1, 0.15) is 15.9 Å². The third-order valence-corrected chi connectivity index (χ3v) is 4.15. The fourth-order valence-electron chi connectivity index (χ4n) is 1.88. The van der Waals surface area contributed by atoms with Gasteiger partial charge in [-0.25, -0.2) is 10.2 Å². The molecule has 1 N–H and O–H groups in total. The van der Waals surface area contributed by atoms with Crippen LogP contribution in [-0.2, 0) is 9.53 Å². The first-order valence-corrected chi connectivity index (χ1v) is 8.58. The van der Waals surface area contributed by atoms with Gasteiger partial charge in [-0.15, -0.1) is 0 Å². The van der Waals surface area contributed by atoms with E-state index in [4.69, 9.17) is 9.47 Å². The summed E-state index contributed by atoms with van der Waals surface area (Å²) in [6, 6.07) is 12.0. The number of nitrogens with zero attached hydrogens (tertiary/aromatic N) is 1. The van der Waals surface area contributed by atoms with Crippen LogP contribution < -0.4 is 14.9 Å². The Morgan fingerprint density at radius 1 is 1.15 bits per heavy atom. The number of methoxy groups -OCH3 is 2. The Balaban J connectivity index is 1.91. The maximum atomic E-state index is 12.1. The summed E-state index contributed by atoms with van der Waals surface area (Å²) < 4.78 is 15.9. The average molecular weight is 468 g/mol. The van der Waals surface area contributed by atoms with Crippen molar-refractivity contribution in [2.75, 3.05) is 20.8 Å². The van der Waals surface area contributed by atoms with Crippen molar-refractivity contribution in [2.24, 2.45) is 5.10 Å². The molecule has 0 saturated heterocycles. The Bertz CT molecular complexity index is 806. The normalized spacial score (nSPS) is 10.4. The van der Waals surface area contributed by atoms with Gasteiger partial charge in [-0.1, -0.05) is 0 Å². The smallest absolute Gasteiger partial charge is 0.343 e. The lowest BCUT2D eigenvalue weighted by Crippen LogP contribution is -2.17. The molecule has 0 aliphatic carbocycles. The first-order valence-electron chi connectivity index (χ1n) is 7.50. The summed E-state index contributed by atoms with van der Waals surface area (Å²) in [5.74, 6) is 0.368. The highest BCUT2D eigenvalue weighted by atomic mass is 127. The zero-order chi connectivity index (χ0) is 18.9. The monoisotopic (exact) mass is 468 g/mol. The first kappa shape index (κ1) is 19.7. The molecule has 0 fully saturated rings. The fourth-order valence-corrected chi connectivity index (χ4v) is 2.44. The number of carbonyl (C=O) groups is 2. The lowest BCUT2D eigenvalue weighted by molar-refractivity contribution is -0.142. The second-order valence-corrected chi connectivity index (χ2v) is 6.14. The molecule has 0 aliphatic rings. The summed E-state index contributed by atoms with van der Waals surface area (Å²) in [4.78, 5) is 23.1. The molecule has 0 spiro atoms. The average Bonchev–Trinajstić information content (AvgIpc) is 2.67. The number of nitrogens with one attached hydrogen (secondary N) is 1. The number of esters is 1. The minimum atomic E-state index is -0.453. The van der Waals surface area contributed by atoms with E-state index in [0.717, 1.165) is 9.13 Å². The first-order chi connectivity index (χ1) is 12.5. The summed E-state index contributed by atoms with van der Waals surface area (Å²) in [5, 5.41) is 3.93. The predicted octanol–water partition coefficient (Wildman–Crippen LogP) is 2.62. The molecule has 0 bridgehead atoms. The van der Waals surface area contributed by atoms with E-state index in [9.17, 15) is 9.59 Å². The minimum Gasteiger partial charge on any atom is -0.496 e. The quantitative estimate of drug-likeness (QED) is 0.292. The molecular weight excluding hydrogens is 451 g/mol. The van der Waals surface area contributed by atoms with E-state index in [2.05, 4.69) is 37.9 Å². The molecule has 1 amide bonds. The van der Waals surface area contributed by atoms with Gasteiger partial charge in [0, 0.05) is 5.56 Å². The summed E-state index contributed by atoms with van der Waals surface area (Å²) in [7, 11) is 2.85. The zero-order valence-electron chi connectivity index (χ0n) is 14.2. The minimum absolute atomic E-state index is 0.153. The van der Waals surface area contributed by atoms with Gasteiger partial charge < -0.3 is 14.2 Å². The fraction of sp³-hybridized carbons (Fsp3) is 0.167. The van der Waals surface area contributed by atoms with Crippen molar-refractivity contribution in [3.63, 3.8) is 0 Å². The van der Waals surface area contributed by atoms with Gasteiger partial charge in [0.05, 0.1) is 24.0 Å². The number of benzene rings is 2. The Morgan fingerprint density at radius 3 is 2.54 bits per heavy atom. The molecule has 0 heterocycles. The second-order valence-electron chi connectivity index (χ2n) is 4.98. The van der Waals surface area contributed by atoms with Crippen molar-refractivity contribution < 1.29 is 23.8 Å². The molecule has 2 aromatic rings. The van der Waals surface area contributed by atoms with Gasteiger partial charge in [0.25, 0.3) is 5.91 Å². The number of hydrazone groups is 1. The summed E-state index contributed by atoms with van der Waals surface area (Å²) in [6.07, 6.45) is 1.51. The zero-order valence-corrected chi connectivity index (χ0v) is 16.3. The highest BCUT2D eigenvalue weighted by molar-refractivity contribution is 14.1. The molecule has 0 aliphatic heterocycles. The van der Waals surface area contributed by atoms with Crippen LogP contribution in [0.5, 0.6) is 11.5 Å². The van der Waals surface area contributed by atoms with Gasteiger partial charge in [-0.05, 0) is 70.6 Å². The molecule has 0 atom stereocenters. The second kappa shape index (κ2) is 9.76. The largest absolute Gasteiger partial charge is 0.496 e. The van der Waals surface area contributed by atoms with Gasteiger partial charge >= 0.3 is 5.97 Å². The molecule has 2 aromatic carbocycles. The van der Waals surface area contributed by atoms with Crippen LogP contribution in [0, 0.1) is 3.57 Å². The summed E-state index contributed by atoms with van der Waals surface area (Å²) in [5.41, 5.74) is 3.67. The predicted molar refractivity (Wildman–Crippen MR) is 105 cm³/mol. The summed E-state index contributed by atoms with van der Waals surface area (Å²) in [6.45, 7) is -0.153. The van der Waals surface area contributed by atoms with Crippen LogP contribution in [0.3, 0.4) is 0 Å². The number of rotatable bonds is 7. The van der Waals surface area contributed by atoms with E-state index < -0.39 is 5.97 Å². The van der Waals surface area contributed by atoms with Gasteiger partial charge in [0.2, 0.25) is 0 Å². The molecule has 0 saturated carbocycles. The van der Waals surface area contributed by atoms with Crippen LogP contribution >= 0.6 is 22.6 Å². The van der Waals surface area contributed by atoms with E-state index in [-0.39, 0.29) is 12.5 Å². The van der Waals surface area contributed by atoms with Crippen LogP contribution in [0.4, 0.5) is 0 Å². The molecule has 26 heavy (non-hydrogen) atoms. The SMILES string of the molecule is COC(=O)COc1ccc(/C=N\NC(=O)c2ccc(I)c(OC)c2)cc1. The van der Waals surface area contributed by atoms with Crippen molar-refractivity contribution >= 4 is 40.7 Å². The molecule has 0 unspecified atom stereocenters. The lowest BCUT2D eigenvalue weighted by Gasteiger charge is -2.06. The molecule has 7 nitrogen and oxygen atoms in total. The van der Waals surface area contributed by atoms with E-state index in [1.807, 2.05) is 0 Å². The number of hydrogen-bond donors (Lipinski definition) is 1. The maximum absolute atomic E-state index is 12.1. The maximum Gasteiger partial charge on any atom is 0.343 e. The third-order valence-electron chi connectivity index (χ3n) is 3.26. The number of halogens is 1. The molecule has 0 radical (unpaired) electrons. The highest BCUT2D eigenvalue weighted by Crippen LogP contribution is 2.21. The van der Waals surface area contributed by atoms with Gasteiger partial charge in [0.1, 0.15) is 11.5 Å². The molecule has 136 valence electrons. The Morgan fingerprint density at radius 2 is 1.88 bits per heavy atom. The van der Waals surface area contributed by atoms with Gasteiger partial charge in [-0.3, -0.25) is 4.79 Å². The number of amides is 1. The Labute approximate surface area is 164 Å².